The fourth-order valence-corrected chi connectivity index (χ4v) is 3.26. The fourth-order valence-electron chi connectivity index (χ4n) is 3.26. The van der Waals surface area contributed by atoms with Crippen LogP contribution in [0.5, 0.6) is 5.75 Å². The van der Waals surface area contributed by atoms with Crippen molar-refractivity contribution < 1.29 is 29.2 Å². The quantitative estimate of drug-likeness (QED) is 0.705. The highest BCUT2D eigenvalue weighted by atomic mass is 19.1. The lowest BCUT2D eigenvalue weighted by Gasteiger charge is -2.46. The van der Waals surface area contributed by atoms with Crippen LogP contribution in [0.25, 0.3) is 0 Å². The number of piperidine rings is 1. The second kappa shape index (κ2) is 6.07. The van der Waals surface area contributed by atoms with Crippen LogP contribution in [0.3, 0.4) is 0 Å². The zero-order valence-electron chi connectivity index (χ0n) is 12.6. The number of aliphatic hydroxyl groups excluding tert-OH is 2. The van der Waals surface area contributed by atoms with E-state index in [1.165, 1.54) is 11.0 Å². The number of amides is 1. The SMILES string of the molecule is O=C(c1cc(O)ccc1F)N1CCC2(CC1)C[C@@H](O)[C@@H](O)CO2. The Labute approximate surface area is 133 Å². The van der Waals surface area contributed by atoms with Gasteiger partial charge in [0.05, 0.1) is 23.9 Å². The summed E-state index contributed by atoms with van der Waals surface area (Å²) in [6.45, 7) is 0.823. The second-order valence-corrected chi connectivity index (χ2v) is 6.29. The third kappa shape index (κ3) is 3.17. The van der Waals surface area contributed by atoms with Gasteiger partial charge in [-0.05, 0) is 31.0 Å². The summed E-state index contributed by atoms with van der Waals surface area (Å²) < 4.78 is 19.5. The van der Waals surface area contributed by atoms with Gasteiger partial charge in [-0.1, -0.05) is 0 Å². The Morgan fingerprint density at radius 1 is 1.26 bits per heavy atom. The van der Waals surface area contributed by atoms with Gasteiger partial charge in [0, 0.05) is 19.5 Å². The van der Waals surface area contributed by atoms with Crippen LogP contribution < -0.4 is 0 Å². The Kier molecular flexibility index (Phi) is 4.27. The highest BCUT2D eigenvalue weighted by Crippen LogP contribution is 2.35. The van der Waals surface area contributed by atoms with E-state index in [1.54, 1.807) is 0 Å². The van der Waals surface area contributed by atoms with Crippen LogP contribution in [-0.4, -0.2) is 63.6 Å². The number of ether oxygens (including phenoxy) is 1. The Balaban J connectivity index is 1.67. The van der Waals surface area contributed by atoms with Crippen LogP contribution in [0.15, 0.2) is 18.2 Å². The van der Waals surface area contributed by atoms with E-state index in [9.17, 15) is 24.5 Å². The summed E-state index contributed by atoms with van der Waals surface area (Å²) in [6, 6.07) is 3.38. The number of hydrogen-bond donors (Lipinski definition) is 3. The molecular weight excluding hydrogens is 305 g/mol. The molecule has 126 valence electrons. The Hall–Kier alpha value is -1.70. The van der Waals surface area contributed by atoms with Crippen molar-refractivity contribution in [2.75, 3.05) is 19.7 Å². The molecule has 7 heteroatoms. The number of aliphatic hydroxyl groups is 2. The van der Waals surface area contributed by atoms with E-state index in [0.29, 0.717) is 32.4 Å². The largest absolute Gasteiger partial charge is 0.508 e. The molecule has 2 heterocycles. The highest BCUT2D eigenvalue weighted by Gasteiger charge is 2.43. The van der Waals surface area contributed by atoms with Crippen molar-refractivity contribution in [3.8, 4) is 5.75 Å². The molecule has 2 fully saturated rings. The van der Waals surface area contributed by atoms with Gasteiger partial charge in [-0.25, -0.2) is 4.39 Å². The summed E-state index contributed by atoms with van der Waals surface area (Å²) in [4.78, 5) is 13.9. The number of halogens is 1. The van der Waals surface area contributed by atoms with E-state index in [1.807, 2.05) is 0 Å². The fraction of sp³-hybridized carbons (Fsp3) is 0.562. The summed E-state index contributed by atoms with van der Waals surface area (Å²) in [5.74, 6) is -1.29. The van der Waals surface area contributed by atoms with Gasteiger partial charge in [0.2, 0.25) is 0 Å². The van der Waals surface area contributed by atoms with Gasteiger partial charge in [-0.15, -0.1) is 0 Å². The van der Waals surface area contributed by atoms with Crippen molar-refractivity contribution in [1.29, 1.82) is 0 Å². The molecule has 3 N–H and O–H groups in total. The van der Waals surface area contributed by atoms with Gasteiger partial charge in [0.25, 0.3) is 5.91 Å². The van der Waals surface area contributed by atoms with Crippen molar-refractivity contribution >= 4 is 5.91 Å². The monoisotopic (exact) mass is 325 g/mol. The van der Waals surface area contributed by atoms with Gasteiger partial charge < -0.3 is 25.0 Å². The molecule has 0 aliphatic carbocycles. The van der Waals surface area contributed by atoms with Crippen molar-refractivity contribution in [2.45, 2.75) is 37.1 Å². The first-order valence-corrected chi connectivity index (χ1v) is 7.68. The molecule has 23 heavy (non-hydrogen) atoms. The van der Waals surface area contributed by atoms with Crippen LogP contribution in [-0.2, 0) is 4.74 Å². The number of benzene rings is 1. The molecule has 2 aliphatic rings. The molecule has 2 saturated heterocycles. The van der Waals surface area contributed by atoms with Crippen molar-refractivity contribution in [3.63, 3.8) is 0 Å². The van der Waals surface area contributed by atoms with Gasteiger partial charge in [-0.3, -0.25) is 4.79 Å². The van der Waals surface area contributed by atoms with Crippen LogP contribution in [0.1, 0.15) is 29.6 Å². The van der Waals surface area contributed by atoms with Crippen molar-refractivity contribution in [2.24, 2.45) is 0 Å². The minimum Gasteiger partial charge on any atom is -0.508 e. The number of aromatic hydroxyl groups is 1. The molecule has 0 unspecified atom stereocenters. The Morgan fingerprint density at radius 3 is 2.61 bits per heavy atom. The molecule has 2 aliphatic heterocycles. The maximum atomic E-state index is 13.8. The number of phenols is 1. The van der Waals surface area contributed by atoms with Crippen LogP contribution in [0.4, 0.5) is 4.39 Å². The van der Waals surface area contributed by atoms with Gasteiger partial charge in [-0.2, -0.15) is 0 Å². The van der Waals surface area contributed by atoms with Crippen molar-refractivity contribution in [1.82, 2.24) is 4.90 Å². The molecule has 1 aromatic rings. The molecular formula is C16H20FNO5. The molecule has 6 nitrogen and oxygen atoms in total. The number of hydrogen-bond acceptors (Lipinski definition) is 5. The molecule has 1 spiro atoms. The normalized spacial score (nSPS) is 27.2. The summed E-state index contributed by atoms with van der Waals surface area (Å²) in [6.07, 6.45) is -0.334. The first-order valence-electron chi connectivity index (χ1n) is 7.68. The molecule has 2 atom stereocenters. The summed E-state index contributed by atoms with van der Waals surface area (Å²) >= 11 is 0. The molecule has 1 amide bonds. The number of carbonyl (C=O) groups excluding carboxylic acids is 1. The predicted octanol–water partition coefficient (Wildman–Crippen LogP) is 0.648. The number of carbonyl (C=O) groups is 1. The first-order chi connectivity index (χ1) is 10.9. The van der Waals surface area contributed by atoms with E-state index < -0.39 is 29.5 Å². The van der Waals surface area contributed by atoms with Crippen molar-refractivity contribution in [3.05, 3.63) is 29.6 Å². The molecule has 0 radical (unpaired) electrons. The lowest BCUT2D eigenvalue weighted by molar-refractivity contribution is -0.185. The summed E-state index contributed by atoms with van der Waals surface area (Å²) in [5, 5.41) is 28.8. The minimum absolute atomic E-state index is 0.0797. The van der Waals surface area contributed by atoms with Gasteiger partial charge in [0.15, 0.2) is 0 Å². The summed E-state index contributed by atoms with van der Waals surface area (Å²) in [7, 11) is 0. The average molecular weight is 325 g/mol. The number of phenolic OH excluding ortho intramolecular Hbond substituents is 1. The molecule has 0 bridgehead atoms. The number of nitrogens with zero attached hydrogens (tertiary/aromatic N) is 1. The highest BCUT2D eigenvalue weighted by molar-refractivity contribution is 5.95. The maximum Gasteiger partial charge on any atom is 0.256 e. The minimum atomic E-state index is -0.873. The van der Waals surface area contributed by atoms with E-state index in [4.69, 9.17) is 4.74 Å². The van der Waals surface area contributed by atoms with Gasteiger partial charge in [0.1, 0.15) is 17.7 Å². The smallest absolute Gasteiger partial charge is 0.256 e. The second-order valence-electron chi connectivity index (χ2n) is 6.29. The lowest BCUT2D eigenvalue weighted by atomic mass is 9.82. The number of rotatable bonds is 1. The third-order valence-corrected chi connectivity index (χ3v) is 4.73. The third-order valence-electron chi connectivity index (χ3n) is 4.73. The topological polar surface area (TPSA) is 90.2 Å². The molecule has 0 saturated carbocycles. The maximum absolute atomic E-state index is 13.8. The Morgan fingerprint density at radius 2 is 1.96 bits per heavy atom. The molecule has 3 rings (SSSR count). The van der Waals surface area contributed by atoms with Crippen LogP contribution in [0, 0.1) is 5.82 Å². The predicted molar refractivity (Wildman–Crippen MR) is 78.5 cm³/mol. The standard InChI is InChI=1S/C16H20FNO5/c17-12-2-1-10(19)7-11(12)15(22)18-5-3-16(4-6-18)8-13(20)14(21)9-23-16/h1-2,7,13-14,19-21H,3-6,8-9H2/t13-,14+/m1/s1. The molecule has 1 aromatic carbocycles. The lowest BCUT2D eigenvalue weighted by Crippen LogP contribution is -2.55. The van der Waals surface area contributed by atoms with E-state index in [-0.39, 0.29) is 17.9 Å². The van der Waals surface area contributed by atoms with Crippen LogP contribution >= 0.6 is 0 Å². The summed E-state index contributed by atoms with van der Waals surface area (Å²) in [5.41, 5.74) is -0.687. The van der Waals surface area contributed by atoms with E-state index >= 15 is 0 Å². The first kappa shape index (κ1) is 16.2. The zero-order chi connectivity index (χ0) is 16.6. The van der Waals surface area contributed by atoms with E-state index in [2.05, 4.69) is 0 Å². The van der Waals surface area contributed by atoms with E-state index in [0.717, 1.165) is 12.1 Å². The van der Waals surface area contributed by atoms with Gasteiger partial charge >= 0.3 is 0 Å². The average Bonchev–Trinajstić information content (AvgIpc) is 2.54. The van der Waals surface area contributed by atoms with Crippen LogP contribution in [0.2, 0.25) is 0 Å². The zero-order valence-corrected chi connectivity index (χ0v) is 12.6. The molecule has 0 aromatic heterocycles. The number of likely N-dealkylation sites (tertiary alicyclic amines) is 1. The Bertz CT molecular complexity index is 600.